The van der Waals surface area contributed by atoms with Crippen LogP contribution in [0.25, 0.3) is 0 Å². The van der Waals surface area contributed by atoms with Crippen molar-refractivity contribution in [3.63, 3.8) is 0 Å². The Morgan fingerprint density at radius 2 is 1.59 bits per heavy atom. The van der Waals surface area contributed by atoms with E-state index in [9.17, 15) is 0 Å². The van der Waals surface area contributed by atoms with Crippen molar-refractivity contribution in [2.24, 2.45) is 5.41 Å². The third kappa shape index (κ3) is 15.9. The molecule has 2 heteroatoms. The van der Waals surface area contributed by atoms with Crippen LogP contribution >= 0.6 is 0 Å². The number of rotatable bonds is 10. The molecule has 0 bridgehead atoms. The van der Waals surface area contributed by atoms with Crippen molar-refractivity contribution < 1.29 is 4.74 Å². The third-order valence-electron chi connectivity index (χ3n) is 2.76. The predicted octanol–water partition coefficient (Wildman–Crippen LogP) is 4.00. The van der Waals surface area contributed by atoms with E-state index in [4.69, 9.17) is 4.74 Å². The zero-order valence-corrected chi connectivity index (χ0v) is 12.6. The van der Waals surface area contributed by atoms with Gasteiger partial charge in [-0.1, -0.05) is 47.5 Å². The van der Waals surface area contributed by atoms with Crippen LogP contribution in [0.1, 0.15) is 66.7 Å². The Balaban J connectivity index is 3.04. The summed E-state index contributed by atoms with van der Waals surface area (Å²) in [7, 11) is 0. The summed E-state index contributed by atoms with van der Waals surface area (Å²) in [6.45, 7) is 14.2. The molecule has 0 unspecified atom stereocenters. The van der Waals surface area contributed by atoms with Crippen molar-refractivity contribution in [2.75, 3.05) is 19.8 Å². The van der Waals surface area contributed by atoms with E-state index in [1.807, 2.05) is 0 Å². The average molecular weight is 243 g/mol. The Morgan fingerprint density at radius 1 is 0.941 bits per heavy atom. The van der Waals surface area contributed by atoms with E-state index in [0.717, 1.165) is 26.2 Å². The Bertz CT molecular complexity index is 161. The van der Waals surface area contributed by atoms with Gasteiger partial charge in [0, 0.05) is 19.3 Å². The predicted molar refractivity (Wildman–Crippen MR) is 76.5 cm³/mol. The molecule has 17 heavy (non-hydrogen) atoms. The van der Waals surface area contributed by atoms with Gasteiger partial charge in [-0.25, -0.2) is 0 Å². The minimum absolute atomic E-state index is 0.405. The number of ether oxygens (including phenoxy) is 1. The van der Waals surface area contributed by atoms with Crippen LogP contribution in [0.3, 0.4) is 0 Å². The maximum Gasteiger partial charge on any atom is 0.0471 e. The second-order valence-corrected chi connectivity index (χ2v) is 6.45. The number of unbranched alkanes of at least 4 members (excludes halogenated alkanes) is 3. The third-order valence-corrected chi connectivity index (χ3v) is 2.76. The number of hydrogen-bond acceptors (Lipinski definition) is 2. The van der Waals surface area contributed by atoms with Gasteiger partial charge in [-0.05, 0) is 31.2 Å². The molecule has 1 N–H and O–H groups in total. The van der Waals surface area contributed by atoms with Crippen molar-refractivity contribution in [1.82, 2.24) is 5.32 Å². The van der Waals surface area contributed by atoms with Crippen LogP contribution in [0.2, 0.25) is 0 Å². The van der Waals surface area contributed by atoms with Gasteiger partial charge in [-0.3, -0.25) is 0 Å². The first-order chi connectivity index (χ1) is 7.92. The topological polar surface area (TPSA) is 21.3 Å². The van der Waals surface area contributed by atoms with Crippen molar-refractivity contribution in [2.45, 2.75) is 72.8 Å². The second kappa shape index (κ2) is 9.90. The summed E-state index contributed by atoms with van der Waals surface area (Å²) in [5.74, 6) is 0. The Morgan fingerprint density at radius 3 is 2.18 bits per heavy atom. The molecule has 0 aliphatic heterocycles. The fourth-order valence-electron chi connectivity index (χ4n) is 1.55. The van der Waals surface area contributed by atoms with Crippen LogP contribution < -0.4 is 5.32 Å². The molecule has 0 amide bonds. The highest BCUT2D eigenvalue weighted by Crippen LogP contribution is 2.17. The van der Waals surface area contributed by atoms with Gasteiger partial charge in [0.05, 0.1) is 0 Å². The van der Waals surface area contributed by atoms with Crippen LogP contribution in [-0.4, -0.2) is 25.8 Å². The Hall–Kier alpha value is -0.0800. The highest BCUT2D eigenvalue weighted by atomic mass is 16.5. The molecule has 0 aliphatic carbocycles. The van der Waals surface area contributed by atoms with Gasteiger partial charge in [-0.2, -0.15) is 0 Å². The second-order valence-electron chi connectivity index (χ2n) is 6.45. The smallest absolute Gasteiger partial charge is 0.0471 e. The monoisotopic (exact) mass is 243 g/mol. The van der Waals surface area contributed by atoms with Crippen LogP contribution in [0, 0.1) is 5.41 Å². The molecule has 0 aromatic rings. The Kier molecular flexibility index (Phi) is 9.85. The fraction of sp³-hybridized carbons (Fsp3) is 1.00. The lowest BCUT2D eigenvalue weighted by molar-refractivity contribution is 0.105. The van der Waals surface area contributed by atoms with E-state index < -0.39 is 0 Å². The lowest BCUT2D eigenvalue weighted by Gasteiger charge is -2.17. The van der Waals surface area contributed by atoms with Gasteiger partial charge in [0.2, 0.25) is 0 Å². The van der Waals surface area contributed by atoms with Crippen molar-refractivity contribution in [3.05, 3.63) is 0 Å². The summed E-state index contributed by atoms with van der Waals surface area (Å²) < 4.78 is 5.64. The summed E-state index contributed by atoms with van der Waals surface area (Å²) in [5, 5.41) is 3.44. The van der Waals surface area contributed by atoms with Gasteiger partial charge in [-0.15, -0.1) is 0 Å². The lowest BCUT2D eigenvalue weighted by Crippen LogP contribution is -2.23. The summed E-state index contributed by atoms with van der Waals surface area (Å²) in [6, 6.07) is 0.621. The first kappa shape index (κ1) is 16.9. The maximum absolute atomic E-state index is 5.64. The van der Waals surface area contributed by atoms with E-state index in [0.29, 0.717) is 11.5 Å². The summed E-state index contributed by atoms with van der Waals surface area (Å²) in [6.07, 6.45) is 6.29. The molecule has 0 aliphatic rings. The molecule has 0 atom stereocenters. The number of hydrogen-bond donors (Lipinski definition) is 1. The molecule has 0 spiro atoms. The summed E-state index contributed by atoms with van der Waals surface area (Å²) in [5.41, 5.74) is 0.405. The van der Waals surface area contributed by atoms with Crippen molar-refractivity contribution >= 4 is 0 Å². The maximum atomic E-state index is 5.64. The zero-order chi connectivity index (χ0) is 13.1. The van der Waals surface area contributed by atoms with Crippen molar-refractivity contribution in [1.29, 1.82) is 0 Å². The molecule has 0 fully saturated rings. The highest BCUT2D eigenvalue weighted by molar-refractivity contribution is 4.59. The van der Waals surface area contributed by atoms with Crippen LogP contribution in [0.4, 0.5) is 0 Å². The minimum Gasteiger partial charge on any atom is -0.381 e. The summed E-state index contributed by atoms with van der Waals surface area (Å²) >= 11 is 0. The standard InChI is InChI=1S/C15H33NO/c1-14(2)16-11-8-6-7-9-12-17-13-10-15(3,4)5/h14,16H,6-13H2,1-5H3. The molecule has 104 valence electrons. The first-order valence-electron chi connectivity index (χ1n) is 7.23. The van der Waals surface area contributed by atoms with Gasteiger partial charge in [0.25, 0.3) is 0 Å². The van der Waals surface area contributed by atoms with Crippen molar-refractivity contribution in [3.8, 4) is 0 Å². The highest BCUT2D eigenvalue weighted by Gasteiger charge is 2.08. The fourth-order valence-corrected chi connectivity index (χ4v) is 1.55. The number of nitrogens with one attached hydrogen (secondary N) is 1. The van der Waals surface area contributed by atoms with Gasteiger partial charge in [0.15, 0.2) is 0 Å². The minimum atomic E-state index is 0.405. The quantitative estimate of drug-likeness (QED) is 0.586. The molecular formula is C15H33NO. The molecule has 0 rings (SSSR count). The molecule has 2 nitrogen and oxygen atoms in total. The van der Waals surface area contributed by atoms with Crippen LogP contribution in [0.15, 0.2) is 0 Å². The molecule has 0 aromatic carbocycles. The van der Waals surface area contributed by atoms with E-state index in [-0.39, 0.29) is 0 Å². The van der Waals surface area contributed by atoms with E-state index >= 15 is 0 Å². The molecule has 0 saturated heterocycles. The first-order valence-corrected chi connectivity index (χ1v) is 7.23. The van der Waals surface area contributed by atoms with E-state index in [1.54, 1.807) is 0 Å². The van der Waals surface area contributed by atoms with Crippen LogP contribution in [-0.2, 0) is 4.74 Å². The Labute approximate surface area is 109 Å². The molecule has 0 heterocycles. The molecule has 0 radical (unpaired) electrons. The average Bonchev–Trinajstić information content (AvgIpc) is 2.18. The lowest BCUT2D eigenvalue weighted by atomic mass is 9.93. The van der Waals surface area contributed by atoms with Crippen LogP contribution in [0.5, 0.6) is 0 Å². The van der Waals surface area contributed by atoms with Gasteiger partial charge >= 0.3 is 0 Å². The summed E-state index contributed by atoms with van der Waals surface area (Å²) in [4.78, 5) is 0. The molecular weight excluding hydrogens is 210 g/mol. The molecule has 0 aromatic heterocycles. The van der Waals surface area contributed by atoms with E-state index in [2.05, 4.69) is 39.9 Å². The molecule has 0 saturated carbocycles. The largest absolute Gasteiger partial charge is 0.381 e. The van der Waals surface area contributed by atoms with E-state index in [1.165, 1.54) is 25.7 Å². The van der Waals surface area contributed by atoms with Gasteiger partial charge < -0.3 is 10.1 Å². The normalized spacial score (nSPS) is 12.4. The SMILES string of the molecule is CC(C)NCCCCCCOCCC(C)(C)C. The zero-order valence-electron chi connectivity index (χ0n) is 12.6. The van der Waals surface area contributed by atoms with Gasteiger partial charge in [0.1, 0.15) is 0 Å².